The van der Waals surface area contributed by atoms with Crippen LogP contribution in [0.25, 0.3) is 0 Å². The molecule has 9 nitrogen and oxygen atoms in total. The zero-order valence-electron chi connectivity index (χ0n) is 14.9. The van der Waals surface area contributed by atoms with Gasteiger partial charge in [-0.15, -0.1) is 11.8 Å². The number of amides is 1. The van der Waals surface area contributed by atoms with E-state index in [9.17, 15) is 19.5 Å². The van der Waals surface area contributed by atoms with Gasteiger partial charge in [-0.25, -0.2) is 0 Å². The molecule has 1 fully saturated rings. The molecule has 0 N–H and O–H groups in total. The number of aliphatic imine (C=N–C) groups is 1. The summed E-state index contributed by atoms with van der Waals surface area (Å²) in [6.07, 6.45) is 1.52. The van der Waals surface area contributed by atoms with Crippen LogP contribution in [-0.4, -0.2) is 53.3 Å². The molecule has 0 aromatic heterocycles. The molecule has 1 saturated heterocycles. The molecule has 27 heavy (non-hydrogen) atoms. The summed E-state index contributed by atoms with van der Waals surface area (Å²) < 4.78 is 23.0. The summed E-state index contributed by atoms with van der Waals surface area (Å²) in [4.78, 5) is 28.6. The number of nitro groups is 1. The number of rotatable bonds is 6. The highest BCUT2D eigenvalue weighted by molar-refractivity contribution is 8.00. The van der Waals surface area contributed by atoms with Gasteiger partial charge in [0.1, 0.15) is 10.8 Å². The van der Waals surface area contributed by atoms with Crippen LogP contribution in [0.1, 0.15) is 12.5 Å². The second-order valence-electron chi connectivity index (χ2n) is 5.95. The Kier molecular flexibility index (Phi) is 5.53. The molecule has 144 valence electrons. The number of nitro benzene ring substituents is 1. The third-order valence-corrected chi connectivity index (χ3v) is 7.81. The highest BCUT2D eigenvalue weighted by Crippen LogP contribution is 2.61. The van der Waals surface area contributed by atoms with Gasteiger partial charge in [0.15, 0.2) is 6.04 Å². The van der Waals surface area contributed by atoms with Crippen LogP contribution in [0.2, 0.25) is 0 Å². The number of nitrogens with zero attached hydrogens (tertiary/aromatic N) is 3. The van der Waals surface area contributed by atoms with E-state index in [0.29, 0.717) is 16.8 Å². The van der Waals surface area contributed by atoms with Gasteiger partial charge in [0.05, 0.1) is 4.92 Å². The summed E-state index contributed by atoms with van der Waals surface area (Å²) in [7, 11) is -0.980. The first-order valence-corrected chi connectivity index (χ1v) is 10.6. The minimum absolute atomic E-state index is 0.0129. The van der Waals surface area contributed by atoms with Crippen molar-refractivity contribution in [2.24, 2.45) is 4.99 Å². The van der Waals surface area contributed by atoms with Crippen LogP contribution in [0.3, 0.4) is 0 Å². The summed E-state index contributed by atoms with van der Waals surface area (Å²) >= 11 is 1.53. The van der Waals surface area contributed by atoms with Gasteiger partial charge in [-0.05, 0) is 30.2 Å². The predicted molar refractivity (Wildman–Crippen MR) is 102 cm³/mol. The molecule has 0 bridgehead atoms. The predicted octanol–water partition coefficient (Wildman–Crippen LogP) is 3.01. The number of benzene rings is 1. The molecule has 0 aliphatic carbocycles. The van der Waals surface area contributed by atoms with E-state index >= 15 is 0 Å². The van der Waals surface area contributed by atoms with Crippen molar-refractivity contribution in [1.82, 2.24) is 4.90 Å². The van der Waals surface area contributed by atoms with Gasteiger partial charge in [-0.3, -0.25) is 29.4 Å². The second-order valence-corrected chi connectivity index (χ2v) is 9.20. The zero-order chi connectivity index (χ0) is 19.8. The van der Waals surface area contributed by atoms with Crippen LogP contribution in [0.15, 0.2) is 40.3 Å². The number of non-ortho nitro benzene ring substituents is 1. The molecule has 1 aromatic rings. The molecule has 2 aliphatic rings. The molecule has 0 unspecified atom stereocenters. The zero-order valence-corrected chi connectivity index (χ0v) is 16.6. The number of β-lactam (4-membered cyclic amide) rings is 1. The van der Waals surface area contributed by atoms with Gasteiger partial charge in [0, 0.05) is 38.3 Å². The molecule has 0 radical (unpaired) electrons. The Bertz CT molecular complexity index is 877. The van der Waals surface area contributed by atoms with Crippen LogP contribution >= 0.6 is 19.4 Å². The Morgan fingerprint density at radius 3 is 2.52 bits per heavy atom. The van der Waals surface area contributed by atoms with Gasteiger partial charge >= 0.3 is 7.60 Å². The third-order valence-electron chi connectivity index (χ3n) is 4.32. The standard InChI is InChI=1S/C16H18N3O6PS/c1-10-9-27-16-13(14(20)18(16)15(10)26(23,24-2)25-3)17-8-11-4-6-12(7-5-11)19(21)22/h4-8,13,16H,9H2,1-3H3/t13-,16-/m0/s1. The maximum atomic E-state index is 12.8. The Balaban J connectivity index is 1.80. The van der Waals surface area contributed by atoms with Crippen LogP contribution in [-0.2, 0) is 18.4 Å². The quantitative estimate of drug-likeness (QED) is 0.233. The normalized spacial score (nSPS) is 22.8. The molecule has 0 saturated carbocycles. The van der Waals surface area contributed by atoms with E-state index in [4.69, 9.17) is 9.05 Å². The number of hydrogen-bond acceptors (Lipinski definition) is 8. The maximum absolute atomic E-state index is 12.8. The van der Waals surface area contributed by atoms with Crippen molar-refractivity contribution in [3.8, 4) is 0 Å². The molecule has 1 aromatic carbocycles. The lowest BCUT2D eigenvalue weighted by molar-refractivity contribution is -0.384. The van der Waals surface area contributed by atoms with Crippen molar-refractivity contribution >= 4 is 37.2 Å². The number of fused-ring (bicyclic) bond motifs is 1. The maximum Gasteiger partial charge on any atom is 0.377 e. The van der Waals surface area contributed by atoms with E-state index in [1.165, 1.54) is 49.2 Å². The lowest BCUT2D eigenvalue weighted by atomic mass is 10.1. The fourth-order valence-corrected chi connectivity index (χ4v) is 5.92. The van der Waals surface area contributed by atoms with Gasteiger partial charge in [-0.2, -0.15) is 0 Å². The minimum atomic E-state index is -3.56. The molecule has 2 heterocycles. The summed E-state index contributed by atoms with van der Waals surface area (Å²) in [5.41, 5.74) is 1.71. The first-order valence-electron chi connectivity index (χ1n) is 7.96. The minimum Gasteiger partial charge on any atom is -0.308 e. The van der Waals surface area contributed by atoms with Gasteiger partial charge in [0.2, 0.25) is 0 Å². The topological polar surface area (TPSA) is 111 Å². The first kappa shape index (κ1) is 19.8. The largest absolute Gasteiger partial charge is 0.377 e. The van der Waals surface area contributed by atoms with E-state index in [2.05, 4.69) is 4.99 Å². The van der Waals surface area contributed by atoms with Crippen LogP contribution in [0, 0.1) is 10.1 Å². The average Bonchev–Trinajstić information content (AvgIpc) is 2.67. The smallest absolute Gasteiger partial charge is 0.308 e. The molecular weight excluding hydrogens is 393 g/mol. The lowest BCUT2D eigenvalue weighted by Crippen LogP contribution is -2.63. The molecule has 1 amide bonds. The third kappa shape index (κ3) is 3.45. The van der Waals surface area contributed by atoms with Crippen LogP contribution < -0.4 is 0 Å². The monoisotopic (exact) mass is 411 g/mol. The van der Waals surface area contributed by atoms with Gasteiger partial charge in [0.25, 0.3) is 11.6 Å². The summed E-state index contributed by atoms with van der Waals surface area (Å²) in [5.74, 6) is 0.304. The van der Waals surface area contributed by atoms with E-state index in [0.717, 1.165) is 5.57 Å². The summed E-state index contributed by atoms with van der Waals surface area (Å²) in [5, 5.41) is 10.4. The van der Waals surface area contributed by atoms with Gasteiger partial charge in [-0.1, -0.05) is 0 Å². The SMILES string of the molecule is COP(=O)(OC)C1=C(C)CS[C@H]2[C@@H](N=Cc3ccc([N+](=O)[O-])cc3)C(=O)N12. The van der Waals surface area contributed by atoms with Crippen molar-refractivity contribution in [2.45, 2.75) is 18.3 Å². The lowest BCUT2D eigenvalue weighted by Gasteiger charge is -2.49. The highest BCUT2D eigenvalue weighted by Gasteiger charge is 2.55. The molecule has 0 spiro atoms. The number of thioether (sulfide) groups is 1. The second kappa shape index (κ2) is 7.55. The van der Waals surface area contributed by atoms with Crippen molar-refractivity contribution in [2.75, 3.05) is 20.0 Å². The summed E-state index contributed by atoms with van der Waals surface area (Å²) in [6.45, 7) is 1.80. The van der Waals surface area contributed by atoms with Crippen molar-refractivity contribution in [3.63, 3.8) is 0 Å². The fourth-order valence-electron chi connectivity index (χ4n) is 2.92. The van der Waals surface area contributed by atoms with Crippen LogP contribution in [0.5, 0.6) is 0 Å². The van der Waals surface area contributed by atoms with E-state index in [1.807, 2.05) is 0 Å². The Morgan fingerprint density at radius 2 is 1.96 bits per heavy atom. The molecule has 2 atom stereocenters. The van der Waals surface area contributed by atoms with Gasteiger partial charge < -0.3 is 9.05 Å². The summed E-state index contributed by atoms with van der Waals surface area (Å²) in [6, 6.07) is 5.27. The van der Waals surface area contributed by atoms with Crippen LogP contribution in [0.4, 0.5) is 5.69 Å². The molecule has 11 heteroatoms. The highest BCUT2D eigenvalue weighted by atomic mass is 32.2. The number of hydrogen-bond donors (Lipinski definition) is 0. The molecule has 2 aliphatic heterocycles. The average molecular weight is 411 g/mol. The fraction of sp³-hybridized carbons (Fsp3) is 0.375. The Hall–Kier alpha value is -2.00. The Morgan fingerprint density at radius 1 is 1.33 bits per heavy atom. The Labute approximate surface area is 160 Å². The van der Waals surface area contributed by atoms with E-state index in [-0.39, 0.29) is 17.0 Å². The number of carbonyl (C=O) groups is 1. The van der Waals surface area contributed by atoms with E-state index < -0.39 is 18.6 Å². The van der Waals surface area contributed by atoms with Crippen molar-refractivity contribution < 1.29 is 23.3 Å². The number of carbonyl (C=O) groups excluding carboxylic acids is 1. The first-order chi connectivity index (χ1) is 12.8. The molecule has 3 rings (SSSR count). The van der Waals surface area contributed by atoms with Crippen molar-refractivity contribution in [1.29, 1.82) is 0 Å². The van der Waals surface area contributed by atoms with E-state index in [1.54, 1.807) is 19.1 Å². The van der Waals surface area contributed by atoms with Crippen molar-refractivity contribution in [3.05, 3.63) is 51.0 Å². The molecular formula is C16H18N3O6PS.